The van der Waals surface area contributed by atoms with Crippen LogP contribution in [0.15, 0.2) is 27.6 Å². The van der Waals surface area contributed by atoms with Crippen LogP contribution in [-0.4, -0.2) is 24.5 Å². The molecule has 0 bridgehead atoms. The van der Waals surface area contributed by atoms with E-state index in [-0.39, 0.29) is 24.0 Å². The molecule has 0 radical (unpaired) electrons. The molecular weight excluding hydrogens is 415 g/mol. The van der Waals surface area contributed by atoms with Crippen molar-refractivity contribution in [2.45, 2.75) is 40.7 Å². The number of nitrogens with one attached hydrogen (secondary N) is 2. The Labute approximate surface area is 161 Å². The van der Waals surface area contributed by atoms with Crippen LogP contribution in [0, 0.1) is 27.7 Å². The lowest BCUT2D eigenvalue weighted by molar-refractivity contribution is 0.464. The number of halogens is 1. The summed E-state index contributed by atoms with van der Waals surface area (Å²) in [4.78, 5) is 8.58. The smallest absolute Gasteiger partial charge is 0.214 e. The molecule has 2 rings (SSSR count). The molecule has 5 nitrogen and oxygen atoms in total. The van der Waals surface area contributed by atoms with Gasteiger partial charge in [0.25, 0.3) is 0 Å². The van der Waals surface area contributed by atoms with Crippen LogP contribution in [0.2, 0.25) is 0 Å². The predicted molar refractivity (Wildman–Crippen MR) is 109 cm³/mol. The first-order valence-corrected chi connectivity index (χ1v) is 7.93. The van der Waals surface area contributed by atoms with Crippen LogP contribution in [0.3, 0.4) is 0 Å². The normalized spacial score (nSPS) is 11.1. The number of nitrogens with zero attached hydrogens (tertiary/aromatic N) is 2. The molecular formula is C18H27IN4O. The molecule has 24 heavy (non-hydrogen) atoms. The third kappa shape index (κ3) is 5.81. The van der Waals surface area contributed by atoms with Crippen molar-refractivity contribution < 1.29 is 4.42 Å². The van der Waals surface area contributed by atoms with Crippen LogP contribution in [0.1, 0.15) is 34.0 Å². The van der Waals surface area contributed by atoms with Crippen molar-refractivity contribution in [1.82, 2.24) is 15.6 Å². The zero-order valence-electron chi connectivity index (χ0n) is 15.1. The number of aliphatic imine (C=N–C) groups is 1. The molecule has 1 aromatic heterocycles. The van der Waals surface area contributed by atoms with E-state index in [1.165, 1.54) is 16.7 Å². The number of hydrogen-bond acceptors (Lipinski definition) is 3. The van der Waals surface area contributed by atoms with E-state index in [0.717, 1.165) is 30.4 Å². The molecule has 0 saturated carbocycles. The van der Waals surface area contributed by atoms with Crippen LogP contribution in [0.5, 0.6) is 0 Å². The molecule has 1 heterocycles. The Morgan fingerprint density at radius 2 is 1.92 bits per heavy atom. The molecule has 2 N–H and O–H groups in total. The second-order valence-corrected chi connectivity index (χ2v) is 5.78. The van der Waals surface area contributed by atoms with Crippen LogP contribution in [0.25, 0.3) is 0 Å². The van der Waals surface area contributed by atoms with Crippen LogP contribution >= 0.6 is 24.0 Å². The van der Waals surface area contributed by atoms with E-state index in [1.54, 1.807) is 7.05 Å². The summed E-state index contributed by atoms with van der Waals surface area (Å²) in [6.07, 6.45) is 0.962. The Bertz CT molecular complexity index is 675. The number of guanidine groups is 1. The Kier molecular flexibility index (Phi) is 8.24. The monoisotopic (exact) mass is 442 g/mol. The minimum Gasteiger partial charge on any atom is -0.444 e. The van der Waals surface area contributed by atoms with E-state index >= 15 is 0 Å². The summed E-state index contributed by atoms with van der Waals surface area (Å²) in [5, 5.41) is 6.54. The van der Waals surface area contributed by atoms with Crippen molar-refractivity contribution in [3.63, 3.8) is 0 Å². The van der Waals surface area contributed by atoms with Gasteiger partial charge in [-0.3, -0.25) is 4.99 Å². The number of hydrogen-bond donors (Lipinski definition) is 2. The highest BCUT2D eigenvalue weighted by molar-refractivity contribution is 14.0. The Morgan fingerprint density at radius 3 is 2.50 bits per heavy atom. The zero-order valence-corrected chi connectivity index (χ0v) is 17.4. The fourth-order valence-electron chi connectivity index (χ4n) is 2.44. The van der Waals surface area contributed by atoms with Gasteiger partial charge in [-0.05, 0) is 45.2 Å². The lowest BCUT2D eigenvalue weighted by Crippen LogP contribution is -2.38. The minimum atomic E-state index is 0. The van der Waals surface area contributed by atoms with Gasteiger partial charge in [0.15, 0.2) is 5.96 Å². The van der Waals surface area contributed by atoms with E-state index in [0.29, 0.717) is 12.4 Å². The first-order valence-electron chi connectivity index (χ1n) is 7.93. The van der Waals surface area contributed by atoms with E-state index in [4.69, 9.17) is 4.42 Å². The lowest BCUT2D eigenvalue weighted by atomic mass is 10.0. The van der Waals surface area contributed by atoms with Gasteiger partial charge in [-0.1, -0.05) is 23.8 Å². The highest BCUT2D eigenvalue weighted by Crippen LogP contribution is 2.10. The largest absolute Gasteiger partial charge is 0.444 e. The summed E-state index contributed by atoms with van der Waals surface area (Å²) in [6, 6.07) is 6.57. The Morgan fingerprint density at radius 1 is 1.17 bits per heavy atom. The van der Waals surface area contributed by atoms with Gasteiger partial charge < -0.3 is 15.1 Å². The summed E-state index contributed by atoms with van der Waals surface area (Å²) in [5.41, 5.74) is 4.92. The molecule has 0 amide bonds. The topological polar surface area (TPSA) is 62.5 Å². The molecule has 6 heteroatoms. The van der Waals surface area contributed by atoms with Crippen LogP contribution < -0.4 is 10.6 Å². The quantitative estimate of drug-likeness (QED) is 0.423. The number of benzene rings is 1. The summed E-state index contributed by atoms with van der Waals surface area (Å²) >= 11 is 0. The average Bonchev–Trinajstić information content (AvgIpc) is 2.83. The molecule has 0 spiro atoms. The summed E-state index contributed by atoms with van der Waals surface area (Å²) in [7, 11) is 1.76. The molecule has 2 aromatic rings. The van der Waals surface area contributed by atoms with Gasteiger partial charge in [-0.15, -0.1) is 24.0 Å². The highest BCUT2D eigenvalue weighted by atomic mass is 127. The van der Waals surface area contributed by atoms with Crippen molar-refractivity contribution in [1.29, 1.82) is 0 Å². The molecule has 1 aromatic carbocycles. The third-order valence-electron chi connectivity index (χ3n) is 3.89. The summed E-state index contributed by atoms with van der Waals surface area (Å²) < 4.78 is 5.55. The minimum absolute atomic E-state index is 0. The first-order chi connectivity index (χ1) is 11.0. The van der Waals surface area contributed by atoms with Gasteiger partial charge in [0.1, 0.15) is 5.76 Å². The van der Waals surface area contributed by atoms with E-state index in [1.807, 2.05) is 13.8 Å². The molecule has 0 aliphatic carbocycles. The molecule has 132 valence electrons. The van der Waals surface area contributed by atoms with Crippen LogP contribution in [0.4, 0.5) is 0 Å². The number of aromatic nitrogens is 1. The van der Waals surface area contributed by atoms with Gasteiger partial charge in [-0.2, -0.15) is 0 Å². The predicted octanol–water partition coefficient (Wildman–Crippen LogP) is 3.43. The molecule has 0 unspecified atom stereocenters. The van der Waals surface area contributed by atoms with E-state index in [9.17, 15) is 0 Å². The second-order valence-electron chi connectivity index (χ2n) is 5.78. The maximum Gasteiger partial charge on any atom is 0.214 e. The third-order valence-corrected chi connectivity index (χ3v) is 3.89. The van der Waals surface area contributed by atoms with Crippen molar-refractivity contribution >= 4 is 29.9 Å². The number of rotatable bonds is 5. The van der Waals surface area contributed by atoms with E-state index < -0.39 is 0 Å². The highest BCUT2D eigenvalue weighted by Gasteiger charge is 2.06. The molecule has 0 aliphatic rings. The number of oxazole rings is 1. The Balaban J connectivity index is 0.00000288. The number of aryl methyl sites for hydroxylation is 4. The van der Waals surface area contributed by atoms with Gasteiger partial charge in [-0.25, -0.2) is 4.98 Å². The lowest BCUT2D eigenvalue weighted by Gasteiger charge is -2.12. The fraction of sp³-hybridized carbons (Fsp3) is 0.444. The first kappa shape index (κ1) is 20.5. The van der Waals surface area contributed by atoms with Crippen LogP contribution in [-0.2, 0) is 13.0 Å². The van der Waals surface area contributed by atoms with Crippen molar-refractivity contribution in [3.8, 4) is 0 Å². The van der Waals surface area contributed by atoms with Gasteiger partial charge in [0.05, 0.1) is 12.2 Å². The maximum absolute atomic E-state index is 5.55. The molecule has 0 saturated heterocycles. The van der Waals surface area contributed by atoms with Crippen molar-refractivity contribution in [3.05, 3.63) is 52.2 Å². The second kappa shape index (κ2) is 9.66. The average molecular weight is 442 g/mol. The zero-order chi connectivity index (χ0) is 16.8. The molecule has 0 aliphatic heterocycles. The summed E-state index contributed by atoms with van der Waals surface area (Å²) in [5.74, 6) is 2.29. The van der Waals surface area contributed by atoms with Gasteiger partial charge in [0, 0.05) is 13.6 Å². The van der Waals surface area contributed by atoms with Gasteiger partial charge in [0.2, 0.25) is 5.89 Å². The van der Waals surface area contributed by atoms with Gasteiger partial charge >= 0.3 is 0 Å². The van der Waals surface area contributed by atoms with Crippen molar-refractivity contribution in [2.24, 2.45) is 4.99 Å². The maximum atomic E-state index is 5.55. The molecule has 0 atom stereocenters. The standard InChI is InChI=1S/C18H26N4O.HI/c1-12-6-7-16(13(2)10-12)8-9-20-18(19-5)21-11-17-22-14(3)15(4)23-17;/h6-7,10H,8-9,11H2,1-5H3,(H2,19,20,21);1H. The fourth-order valence-corrected chi connectivity index (χ4v) is 2.44. The summed E-state index contributed by atoms with van der Waals surface area (Å²) in [6.45, 7) is 9.49. The SMILES string of the molecule is CN=C(NCCc1ccc(C)cc1C)NCc1nc(C)c(C)o1.I. The molecule has 0 fully saturated rings. The van der Waals surface area contributed by atoms with E-state index in [2.05, 4.69) is 52.7 Å². The van der Waals surface area contributed by atoms with Crippen molar-refractivity contribution in [2.75, 3.05) is 13.6 Å². The Hall–Kier alpha value is -1.57.